The van der Waals surface area contributed by atoms with Crippen LogP contribution in [-0.4, -0.2) is 43.3 Å². The lowest BCUT2D eigenvalue weighted by atomic mass is 10.2. The number of halogens is 1. The molecule has 98 valence electrons. The van der Waals surface area contributed by atoms with Crippen molar-refractivity contribution in [3.63, 3.8) is 0 Å². The average molecular weight is 312 g/mol. The van der Waals surface area contributed by atoms with E-state index in [9.17, 15) is 0 Å². The summed E-state index contributed by atoms with van der Waals surface area (Å²) in [5, 5.41) is 0. The molecule has 3 nitrogen and oxygen atoms in total. The Balaban J connectivity index is 1.43. The average Bonchev–Trinajstić information content (AvgIpc) is 2.71. The first-order valence-electron chi connectivity index (χ1n) is 6.56. The van der Waals surface area contributed by atoms with Gasteiger partial charge in [-0.1, -0.05) is 15.9 Å². The number of ether oxygens (including phenoxy) is 2. The largest absolute Gasteiger partial charge is 0.492 e. The molecule has 2 unspecified atom stereocenters. The van der Waals surface area contributed by atoms with E-state index in [1.807, 2.05) is 24.3 Å². The maximum Gasteiger partial charge on any atom is 0.119 e. The summed E-state index contributed by atoms with van der Waals surface area (Å²) >= 11 is 3.42. The highest BCUT2D eigenvalue weighted by Crippen LogP contribution is 2.26. The number of morpholine rings is 1. The third-order valence-corrected chi connectivity index (χ3v) is 4.14. The van der Waals surface area contributed by atoms with Crippen LogP contribution < -0.4 is 4.74 Å². The highest BCUT2D eigenvalue weighted by Gasteiger charge is 2.33. The SMILES string of the molecule is Brc1ccc(OCCN2CC3CCC(C2)O3)cc1. The molecule has 2 atom stereocenters. The van der Waals surface area contributed by atoms with Gasteiger partial charge in [0.05, 0.1) is 12.2 Å². The van der Waals surface area contributed by atoms with Crippen LogP contribution in [0.25, 0.3) is 0 Å². The number of likely N-dealkylation sites (tertiary alicyclic amines) is 1. The van der Waals surface area contributed by atoms with Crippen LogP contribution in [0.1, 0.15) is 12.8 Å². The van der Waals surface area contributed by atoms with Crippen LogP contribution in [0.5, 0.6) is 5.75 Å². The summed E-state index contributed by atoms with van der Waals surface area (Å²) in [5.41, 5.74) is 0. The molecule has 0 spiro atoms. The minimum atomic E-state index is 0.469. The fraction of sp³-hybridized carbons (Fsp3) is 0.571. The van der Waals surface area contributed by atoms with Gasteiger partial charge in [0.15, 0.2) is 0 Å². The van der Waals surface area contributed by atoms with Crippen molar-refractivity contribution < 1.29 is 9.47 Å². The maximum absolute atomic E-state index is 5.82. The van der Waals surface area contributed by atoms with E-state index in [2.05, 4.69) is 20.8 Å². The third kappa shape index (κ3) is 3.05. The molecular formula is C14H18BrNO2. The normalized spacial score (nSPS) is 27.4. The first kappa shape index (κ1) is 12.5. The molecule has 2 bridgehead atoms. The van der Waals surface area contributed by atoms with Gasteiger partial charge in [0, 0.05) is 24.1 Å². The van der Waals surface area contributed by atoms with Crippen LogP contribution in [0.15, 0.2) is 28.7 Å². The van der Waals surface area contributed by atoms with Gasteiger partial charge in [0.2, 0.25) is 0 Å². The fourth-order valence-corrected chi connectivity index (χ4v) is 2.97. The molecule has 3 rings (SSSR count). The molecule has 2 heterocycles. The van der Waals surface area contributed by atoms with Crippen molar-refractivity contribution in [2.45, 2.75) is 25.0 Å². The molecule has 0 aliphatic carbocycles. The van der Waals surface area contributed by atoms with Gasteiger partial charge >= 0.3 is 0 Å². The van der Waals surface area contributed by atoms with Crippen molar-refractivity contribution in [3.8, 4) is 5.75 Å². The summed E-state index contributed by atoms with van der Waals surface area (Å²) < 4.78 is 12.7. The van der Waals surface area contributed by atoms with Crippen molar-refractivity contribution in [2.24, 2.45) is 0 Å². The van der Waals surface area contributed by atoms with Crippen LogP contribution in [0.3, 0.4) is 0 Å². The maximum atomic E-state index is 5.82. The van der Waals surface area contributed by atoms with E-state index < -0.39 is 0 Å². The Morgan fingerprint density at radius 1 is 1.17 bits per heavy atom. The lowest BCUT2D eigenvalue weighted by molar-refractivity contribution is -0.0408. The monoisotopic (exact) mass is 311 g/mol. The Kier molecular flexibility index (Phi) is 3.87. The topological polar surface area (TPSA) is 21.7 Å². The Labute approximate surface area is 116 Å². The molecule has 0 aromatic heterocycles. The summed E-state index contributed by atoms with van der Waals surface area (Å²) in [6, 6.07) is 7.99. The van der Waals surface area contributed by atoms with E-state index in [-0.39, 0.29) is 0 Å². The second-order valence-corrected chi connectivity index (χ2v) is 5.94. The number of hydrogen-bond acceptors (Lipinski definition) is 3. The van der Waals surface area contributed by atoms with Gasteiger partial charge in [-0.25, -0.2) is 0 Å². The van der Waals surface area contributed by atoms with Crippen LogP contribution >= 0.6 is 15.9 Å². The second-order valence-electron chi connectivity index (χ2n) is 5.02. The zero-order valence-electron chi connectivity index (χ0n) is 10.3. The third-order valence-electron chi connectivity index (χ3n) is 3.61. The highest BCUT2D eigenvalue weighted by molar-refractivity contribution is 9.10. The van der Waals surface area contributed by atoms with Crippen LogP contribution in [-0.2, 0) is 4.74 Å². The van der Waals surface area contributed by atoms with Gasteiger partial charge in [-0.2, -0.15) is 0 Å². The molecular weight excluding hydrogens is 294 g/mol. The van der Waals surface area contributed by atoms with E-state index in [1.54, 1.807) is 0 Å². The molecule has 2 saturated heterocycles. The summed E-state index contributed by atoms with van der Waals surface area (Å²) in [6.07, 6.45) is 3.40. The van der Waals surface area contributed by atoms with E-state index in [1.165, 1.54) is 12.8 Å². The summed E-state index contributed by atoms with van der Waals surface area (Å²) in [7, 11) is 0. The number of nitrogens with zero attached hydrogens (tertiary/aromatic N) is 1. The highest BCUT2D eigenvalue weighted by atomic mass is 79.9. The predicted molar refractivity (Wildman–Crippen MR) is 74.0 cm³/mol. The first-order valence-corrected chi connectivity index (χ1v) is 7.35. The molecule has 0 amide bonds. The van der Waals surface area contributed by atoms with Gasteiger partial charge in [0.25, 0.3) is 0 Å². The molecule has 2 aliphatic rings. The predicted octanol–water partition coefficient (Wildman–Crippen LogP) is 2.69. The van der Waals surface area contributed by atoms with E-state index in [0.29, 0.717) is 12.2 Å². The van der Waals surface area contributed by atoms with Crippen molar-refractivity contribution >= 4 is 15.9 Å². The summed E-state index contributed by atoms with van der Waals surface area (Å²) in [4.78, 5) is 2.46. The first-order chi connectivity index (χ1) is 8.79. The lowest BCUT2D eigenvalue weighted by Gasteiger charge is -2.31. The number of hydrogen-bond donors (Lipinski definition) is 0. The van der Waals surface area contributed by atoms with E-state index >= 15 is 0 Å². The smallest absolute Gasteiger partial charge is 0.119 e. The minimum absolute atomic E-state index is 0.469. The number of fused-ring (bicyclic) bond motifs is 2. The Bertz CT molecular complexity index is 383. The van der Waals surface area contributed by atoms with E-state index in [0.717, 1.165) is 36.5 Å². The molecule has 0 N–H and O–H groups in total. The van der Waals surface area contributed by atoms with Gasteiger partial charge < -0.3 is 9.47 Å². The minimum Gasteiger partial charge on any atom is -0.492 e. The van der Waals surface area contributed by atoms with Crippen molar-refractivity contribution in [1.82, 2.24) is 4.90 Å². The fourth-order valence-electron chi connectivity index (χ4n) is 2.71. The Hall–Kier alpha value is -0.580. The molecule has 2 fully saturated rings. The van der Waals surface area contributed by atoms with Crippen LogP contribution in [0, 0.1) is 0 Å². The standard InChI is InChI=1S/C14H18BrNO2/c15-11-1-3-12(4-2-11)17-8-7-16-9-13-5-6-14(10-16)18-13/h1-4,13-14H,5-10H2. The molecule has 1 aromatic carbocycles. The van der Waals surface area contributed by atoms with Crippen molar-refractivity contribution in [1.29, 1.82) is 0 Å². The lowest BCUT2D eigenvalue weighted by Crippen LogP contribution is -2.44. The van der Waals surface area contributed by atoms with Gasteiger partial charge in [-0.3, -0.25) is 4.90 Å². The summed E-state index contributed by atoms with van der Waals surface area (Å²) in [6.45, 7) is 3.88. The Morgan fingerprint density at radius 2 is 1.83 bits per heavy atom. The van der Waals surface area contributed by atoms with Gasteiger partial charge in [-0.05, 0) is 37.1 Å². The Morgan fingerprint density at radius 3 is 2.50 bits per heavy atom. The zero-order chi connectivity index (χ0) is 12.4. The summed E-state index contributed by atoms with van der Waals surface area (Å²) in [5.74, 6) is 0.939. The quantitative estimate of drug-likeness (QED) is 0.853. The van der Waals surface area contributed by atoms with Crippen LogP contribution in [0.2, 0.25) is 0 Å². The number of rotatable bonds is 4. The van der Waals surface area contributed by atoms with Crippen molar-refractivity contribution in [2.75, 3.05) is 26.2 Å². The zero-order valence-corrected chi connectivity index (χ0v) is 11.9. The van der Waals surface area contributed by atoms with Gasteiger partial charge in [0.1, 0.15) is 12.4 Å². The molecule has 0 radical (unpaired) electrons. The molecule has 1 aromatic rings. The molecule has 18 heavy (non-hydrogen) atoms. The van der Waals surface area contributed by atoms with E-state index in [4.69, 9.17) is 9.47 Å². The van der Waals surface area contributed by atoms with Gasteiger partial charge in [-0.15, -0.1) is 0 Å². The molecule has 2 aliphatic heterocycles. The number of benzene rings is 1. The molecule has 4 heteroatoms. The molecule has 0 saturated carbocycles. The van der Waals surface area contributed by atoms with Crippen LogP contribution in [0.4, 0.5) is 0 Å². The second kappa shape index (κ2) is 5.59. The van der Waals surface area contributed by atoms with Crippen molar-refractivity contribution in [3.05, 3.63) is 28.7 Å².